The van der Waals surface area contributed by atoms with Crippen molar-refractivity contribution in [1.82, 2.24) is 0 Å². The summed E-state index contributed by atoms with van der Waals surface area (Å²) in [4.78, 5) is 0. The molecule has 0 amide bonds. The van der Waals surface area contributed by atoms with Gasteiger partial charge in [0.15, 0.2) is 0 Å². The van der Waals surface area contributed by atoms with Crippen LogP contribution in [0.2, 0.25) is 0 Å². The maximum atomic E-state index is 5.69. The van der Waals surface area contributed by atoms with Gasteiger partial charge in [-0.3, -0.25) is 0 Å². The van der Waals surface area contributed by atoms with Crippen LogP contribution in [0.3, 0.4) is 0 Å². The van der Waals surface area contributed by atoms with Crippen LogP contribution < -0.4 is 0 Å². The SMILES string of the molecule is CCOCCOCCOC(C)(C)CCOC. The first kappa shape index (κ1) is 15.8. The number of methoxy groups -OCH3 is 1. The molecule has 0 aliphatic carbocycles. The molecule has 0 aromatic heterocycles. The summed E-state index contributed by atoms with van der Waals surface area (Å²) in [6.45, 7) is 10.1. The molecule has 0 radical (unpaired) electrons. The molecule has 0 aromatic carbocycles. The minimum atomic E-state index is -0.140. The molecule has 0 spiro atoms. The van der Waals surface area contributed by atoms with Gasteiger partial charge >= 0.3 is 0 Å². The first-order valence-corrected chi connectivity index (χ1v) is 5.91. The highest BCUT2D eigenvalue weighted by Crippen LogP contribution is 2.13. The van der Waals surface area contributed by atoms with Crippen LogP contribution >= 0.6 is 0 Å². The van der Waals surface area contributed by atoms with Gasteiger partial charge in [-0.15, -0.1) is 0 Å². The summed E-state index contributed by atoms with van der Waals surface area (Å²) < 4.78 is 21.2. The minimum Gasteiger partial charge on any atom is -0.385 e. The predicted molar refractivity (Wildman–Crippen MR) is 63.8 cm³/mol. The number of rotatable bonds is 11. The summed E-state index contributed by atoms with van der Waals surface area (Å²) in [6.07, 6.45) is 0.891. The van der Waals surface area contributed by atoms with Crippen molar-refractivity contribution in [3.05, 3.63) is 0 Å². The summed E-state index contributed by atoms with van der Waals surface area (Å²) in [5.41, 5.74) is -0.140. The topological polar surface area (TPSA) is 36.9 Å². The Labute approximate surface area is 99.2 Å². The zero-order valence-corrected chi connectivity index (χ0v) is 11.1. The molecule has 0 fully saturated rings. The van der Waals surface area contributed by atoms with Gasteiger partial charge < -0.3 is 18.9 Å². The summed E-state index contributed by atoms with van der Waals surface area (Å²) >= 11 is 0. The van der Waals surface area contributed by atoms with Crippen molar-refractivity contribution in [3.63, 3.8) is 0 Å². The molecule has 0 bridgehead atoms. The standard InChI is InChI=1S/C12H26O4/c1-5-14-8-9-15-10-11-16-12(2,3)6-7-13-4/h5-11H2,1-4H3. The average Bonchev–Trinajstić information content (AvgIpc) is 2.25. The largest absolute Gasteiger partial charge is 0.385 e. The zero-order chi connectivity index (χ0) is 12.3. The van der Waals surface area contributed by atoms with Crippen LogP contribution in [-0.4, -0.2) is 52.4 Å². The molecule has 0 heterocycles. The molecule has 0 saturated carbocycles. The molecule has 0 aliphatic heterocycles. The van der Waals surface area contributed by atoms with Crippen molar-refractivity contribution < 1.29 is 18.9 Å². The Hall–Kier alpha value is -0.160. The second-order valence-corrected chi connectivity index (χ2v) is 4.16. The second-order valence-electron chi connectivity index (χ2n) is 4.16. The highest BCUT2D eigenvalue weighted by Gasteiger charge is 2.17. The van der Waals surface area contributed by atoms with Crippen LogP contribution in [0.15, 0.2) is 0 Å². The Morgan fingerprint density at radius 1 is 0.875 bits per heavy atom. The molecule has 4 nitrogen and oxygen atoms in total. The highest BCUT2D eigenvalue weighted by molar-refractivity contribution is 4.67. The summed E-state index contributed by atoms with van der Waals surface area (Å²) in [5, 5.41) is 0. The van der Waals surface area contributed by atoms with E-state index in [1.54, 1.807) is 7.11 Å². The average molecular weight is 234 g/mol. The lowest BCUT2D eigenvalue weighted by Crippen LogP contribution is -2.28. The molecular weight excluding hydrogens is 208 g/mol. The van der Waals surface area contributed by atoms with Crippen molar-refractivity contribution in [2.75, 3.05) is 46.8 Å². The van der Waals surface area contributed by atoms with E-state index < -0.39 is 0 Å². The fourth-order valence-electron chi connectivity index (χ4n) is 1.16. The fourth-order valence-corrected chi connectivity index (χ4v) is 1.16. The van der Waals surface area contributed by atoms with Gasteiger partial charge in [0.05, 0.1) is 32.0 Å². The van der Waals surface area contributed by atoms with Crippen molar-refractivity contribution in [1.29, 1.82) is 0 Å². The van der Waals surface area contributed by atoms with Gasteiger partial charge in [-0.2, -0.15) is 0 Å². The molecule has 4 heteroatoms. The third-order valence-corrected chi connectivity index (χ3v) is 2.20. The smallest absolute Gasteiger partial charge is 0.0707 e. The Bertz CT molecular complexity index is 148. The van der Waals surface area contributed by atoms with Gasteiger partial charge in [0.1, 0.15) is 0 Å². The summed E-state index contributed by atoms with van der Waals surface area (Å²) in [6, 6.07) is 0. The molecule has 16 heavy (non-hydrogen) atoms. The number of hydrogen-bond acceptors (Lipinski definition) is 4. The van der Waals surface area contributed by atoms with Gasteiger partial charge in [-0.1, -0.05) is 0 Å². The van der Waals surface area contributed by atoms with Gasteiger partial charge in [0, 0.05) is 20.3 Å². The van der Waals surface area contributed by atoms with Crippen molar-refractivity contribution >= 4 is 0 Å². The lowest BCUT2D eigenvalue weighted by molar-refractivity contribution is -0.0634. The van der Waals surface area contributed by atoms with Gasteiger partial charge in [0.2, 0.25) is 0 Å². The van der Waals surface area contributed by atoms with E-state index in [0.29, 0.717) is 26.4 Å². The monoisotopic (exact) mass is 234 g/mol. The van der Waals surface area contributed by atoms with Crippen LogP contribution in [0, 0.1) is 0 Å². The van der Waals surface area contributed by atoms with E-state index in [1.807, 2.05) is 6.92 Å². The van der Waals surface area contributed by atoms with Crippen LogP contribution in [0.25, 0.3) is 0 Å². The zero-order valence-electron chi connectivity index (χ0n) is 11.1. The van der Waals surface area contributed by atoms with Crippen molar-refractivity contribution in [2.45, 2.75) is 32.8 Å². The van der Waals surface area contributed by atoms with Crippen LogP contribution in [-0.2, 0) is 18.9 Å². The molecule has 0 saturated heterocycles. The van der Waals surface area contributed by atoms with Gasteiger partial charge in [0.25, 0.3) is 0 Å². The lowest BCUT2D eigenvalue weighted by atomic mass is 10.1. The normalized spacial score (nSPS) is 12.0. The molecule has 0 aliphatic rings. The molecule has 0 N–H and O–H groups in total. The Kier molecular flexibility index (Phi) is 9.92. The number of ether oxygens (including phenoxy) is 4. The Morgan fingerprint density at radius 3 is 2.12 bits per heavy atom. The Morgan fingerprint density at radius 2 is 1.50 bits per heavy atom. The van der Waals surface area contributed by atoms with E-state index in [0.717, 1.165) is 19.6 Å². The quantitative estimate of drug-likeness (QED) is 0.511. The van der Waals surface area contributed by atoms with Gasteiger partial charge in [-0.05, 0) is 27.2 Å². The fraction of sp³-hybridized carbons (Fsp3) is 1.00. The molecule has 0 rings (SSSR count). The van der Waals surface area contributed by atoms with E-state index in [-0.39, 0.29) is 5.60 Å². The molecular formula is C12H26O4. The van der Waals surface area contributed by atoms with Crippen LogP contribution in [0.1, 0.15) is 27.2 Å². The second kappa shape index (κ2) is 10.0. The first-order chi connectivity index (χ1) is 7.62. The van der Waals surface area contributed by atoms with E-state index >= 15 is 0 Å². The first-order valence-electron chi connectivity index (χ1n) is 5.91. The van der Waals surface area contributed by atoms with Gasteiger partial charge in [-0.25, -0.2) is 0 Å². The molecule has 0 aromatic rings. The lowest BCUT2D eigenvalue weighted by Gasteiger charge is -2.24. The van der Waals surface area contributed by atoms with Crippen molar-refractivity contribution in [2.24, 2.45) is 0 Å². The maximum Gasteiger partial charge on any atom is 0.0707 e. The minimum absolute atomic E-state index is 0.140. The Balaban J connectivity index is 3.29. The van der Waals surface area contributed by atoms with Crippen LogP contribution in [0.4, 0.5) is 0 Å². The molecule has 0 unspecified atom stereocenters. The van der Waals surface area contributed by atoms with E-state index in [1.165, 1.54) is 0 Å². The maximum absolute atomic E-state index is 5.69. The third kappa shape index (κ3) is 10.4. The highest BCUT2D eigenvalue weighted by atomic mass is 16.5. The molecule has 0 atom stereocenters. The van der Waals surface area contributed by atoms with Crippen LogP contribution in [0.5, 0.6) is 0 Å². The van der Waals surface area contributed by atoms with E-state index in [2.05, 4.69) is 13.8 Å². The van der Waals surface area contributed by atoms with E-state index in [9.17, 15) is 0 Å². The number of hydrogen-bond donors (Lipinski definition) is 0. The van der Waals surface area contributed by atoms with E-state index in [4.69, 9.17) is 18.9 Å². The molecule has 98 valence electrons. The third-order valence-electron chi connectivity index (χ3n) is 2.20. The summed E-state index contributed by atoms with van der Waals surface area (Å²) in [7, 11) is 1.70. The van der Waals surface area contributed by atoms with Crippen molar-refractivity contribution in [3.8, 4) is 0 Å². The summed E-state index contributed by atoms with van der Waals surface area (Å²) in [5.74, 6) is 0. The predicted octanol–water partition coefficient (Wildman–Crippen LogP) is 1.87.